The van der Waals surface area contributed by atoms with Crippen LogP contribution in [0.15, 0.2) is 48.5 Å². The van der Waals surface area contributed by atoms with Gasteiger partial charge >= 0.3 is 0 Å². The minimum atomic E-state index is -3.57. The standard InChI is InChI=1S/C18H19N3O4S/c1-25-17-8-4-7-16(12-17)21(26(2,23)24)10-9-18(22)20-15-6-3-5-14(11-15)13-19/h3-8,11-12H,9-10H2,1-2H3,(H,20,22). The van der Waals surface area contributed by atoms with Crippen molar-refractivity contribution in [3.8, 4) is 11.8 Å². The van der Waals surface area contributed by atoms with Gasteiger partial charge in [0.25, 0.3) is 0 Å². The van der Waals surface area contributed by atoms with E-state index < -0.39 is 10.0 Å². The third-order valence-corrected chi connectivity index (χ3v) is 4.75. The summed E-state index contributed by atoms with van der Waals surface area (Å²) in [4.78, 5) is 12.2. The second kappa shape index (κ2) is 8.36. The van der Waals surface area contributed by atoms with Crippen LogP contribution >= 0.6 is 0 Å². The Morgan fingerprint density at radius 3 is 2.62 bits per heavy atom. The van der Waals surface area contributed by atoms with Crippen molar-refractivity contribution in [1.82, 2.24) is 0 Å². The summed E-state index contributed by atoms with van der Waals surface area (Å²) in [6, 6.07) is 15.1. The van der Waals surface area contributed by atoms with E-state index in [1.165, 1.54) is 7.11 Å². The molecule has 0 unspecified atom stereocenters. The third-order valence-electron chi connectivity index (χ3n) is 3.56. The van der Waals surface area contributed by atoms with E-state index in [4.69, 9.17) is 10.00 Å². The van der Waals surface area contributed by atoms with Crippen LogP contribution in [0.4, 0.5) is 11.4 Å². The summed E-state index contributed by atoms with van der Waals surface area (Å²) in [6.45, 7) is -0.0181. The molecule has 0 fully saturated rings. The van der Waals surface area contributed by atoms with Gasteiger partial charge in [-0.25, -0.2) is 8.42 Å². The van der Waals surface area contributed by atoms with E-state index in [0.29, 0.717) is 22.7 Å². The molecule has 136 valence electrons. The first kappa shape index (κ1) is 19.3. The van der Waals surface area contributed by atoms with Gasteiger partial charge in [0, 0.05) is 24.7 Å². The normalized spacial score (nSPS) is 10.7. The van der Waals surface area contributed by atoms with Crippen LogP contribution in [-0.4, -0.2) is 34.2 Å². The Morgan fingerprint density at radius 2 is 1.96 bits per heavy atom. The molecule has 8 heteroatoms. The first-order valence-corrected chi connectivity index (χ1v) is 9.60. The lowest BCUT2D eigenvalue weighted by Gasteiger charge is -2.22. The number of carbonyl (C=O) groups excluding carboxylic acids is 1. The predicted octanol–water partition coefficient (Wildman–Crippen LogP) is 2.36. The first-order chi connectivity index (χ1) is 12.3. The molecule has 0 aliphatic heterocycles. The number of ether oxygens (including phenoxy) is 1. The van der Waals surface area contributed by atoms with E-state index in [0.717, 1.165) is 10.6 Å². The minimum Gasteiger partial charge on any atom is -0.497 e. The third kappa shape index (κ3) is 5.22. The van der Waals surface area contributed by atoms with Gasteiger partial charge in [0.1, 0.15) is 5.75 Å². The van der Waals surface area contributed by atoms with Crippen molar-refractivity contribution in [3.05, 3.63) is 54.1 Å². The average Bonchev–Trinajstić information content (AvgIpc) is 2.61. The molecule has 0 saturated heterocycles. The largest absolute Gasteiger partial charge is 0.497 e. The highest BCUT2D eigenvalue weighted by molar-refractivity contribution is 7.92. The number of rotatable bonds is 7. The van der Waals surface area contributed by atoms with Crippen LogP contribution in [0.2, 0.25) is 0 Å². The summed E-state index contributed by atoms with van der Waals surface area (Å²) in [7, 11) is -2.07. The van der Waals surface area contributed by atoms with Crippen molar-refractivity contribution in [1.29, 1.82) is 5.26 Å². The first-order valence-electron chi connectivity index (χ1n) is 7.75. The number of hydrogen-bond donors (Lipinski definition) is 1. The number of amides is 1. The number of nitriles is 1. The Hall–Kier alpha value is -3.05. The van der Waals surface area contributed by atoms with Gasteiger partial charge in [-0.05, 0) is 30.3 Å². The fourth-order valence-electron chi connectivity index (χ4n) is 2.35. The number of nitrogens with one attached hydrogen (secondary N) is 1. The molecule has 0 heterocycles. The molecule has 2 rings (SSSR count). The molecule has 0 bridgehead atoms. The van der Waals surface area contributed by atoms with Gasteiger partial charge < -0.3 is 10.1 Å². The molecule has 7 nitrogen and oxygen atoms in total. The number of nitrogens with zero attached hydrogens (tertiary/aromatic N) is 2. The van der Waals surface area contributed by atoms with Crippen LogP contribution in [0, 0.1) is 11.3 Å². The Kier molecular flexibility index (Phi) is 6.20. The molecule has 0 aliphatic carbocycles. The molecular formula is C18H19N3O4S. The van der Waals surface area contributed by atoms with Crippen LogP contribution < -0.4 is 14.4 Å². The lowest BCUT2D eigenvalue weighted by molar-refractivity contribution is -0.116. The second-order valence-corrected chi connectivity index (χ2v) is 7.43. The maximum absolute atomic E-state index is 12.2. The van der Waals surface area contributed by atoms with E-state index in [-0.39, 0.29) is 18.9 Å². The van der Waals surface area contributed by atoms with Crippen molar-refractivity contribution in [2.24, 2.45) is 0 Å². The molecule has 2 aromatic rings. The number of hydrogen-bond acceptors (Lipinski definition) is 5. The zero-order chi connectivity index (χ0) is 19.2. The molecule has 1 amide bonds. The maximum atomic E-state index is 12.2. The second-order valence-electron chi connectivity index (χ2n) is 5.53. The van der Waals surface area contributed by atoms with Crippen molar-refractivity contribution < 1.29 is 17.9 Å². The Morgan fingerprint density at radius 1 is 1.23 bits per heavy atom. The molecule has 0 aromatic heterocycles. The van der Waals surface area contributed by atoms with E-state index in [9.17, 15) is 13.2 Å². The topological polar surface area (TPSA) is 99.5 Å². The van der Waals surface area contributed by atoms with Crippen molar-refractivity contribution in [2.45, 2.75) is 6.42 Å². The highest BCUT2D eigenvalue weighted by Crippen LogP contribution is 2.23. The Balaban J connectivity index is 2.09. The Bertz CT molecular complexity index is 935. The lowest BCUT2D eigenvalue weighted by atomic mass is 10.2. The highest BCUT2D eigenvalue weighted by Gasteiger charge is 2.19. The molecule has 0 spiro atoms. The number of anilines is 2. The molecule has 0 atom stereocenters. The predicted molar refractivity (Wildman–Crippen MR) is 99.6 cm³/mol. The van der Waals surface area contributed by atoms with Gasteiger partial charge in [0.05, 0.1) is 30.7 Å². The summed E-state index contributed by atoms with van der Waals surface area (Å²) in [6.07, 6.45) is 1.04. The Labute approximate surface area is 152 Å². The fraction of sp³-hybridized carbons (Fsp3) is 0.222. The van der Waals surface area contributed by atoms with Gasteiger partial charge in [-0.15, -0.1) is 0 Å². The van der Waals surface area contributed by atoms with Crippen molar-refractivity contribution in [3.63, 3.8) is 0 Å². The van der Waals surface area contributed by atoms with E-state index in [1.54, 1.807) is 48.5 Å². The molecule has 2 aromatic carbocycles. The van der Waals surface area contributed by atoms with Crippen LogP contribution in [0.1, 0.15) is 12.0 Å². The number of sulfonamides is 1. The number of methoxy groups -OCH3 is 1. The smallest absolute Gasteiger partial charge is 0.232 e. The summed E-state index contributed by atoms with van der Waals surface area (Å²) < 4.78 is 30.5. The molecule has 0 radical (unpaired) electrons. The van der Waals surface area contributed by atoms with Gasteiger partial charge in [0.2, 0.25) is 15.9 Å². The van der Waals surface area contributed by atoms with Crippen molar-refractivity contribution >= 4 is 27.3 Å². The maximum Gasteiger partial charge on any atom is 0.232 e. The number of benzene rings is 2. The summed E-state index contributed by atoms with van der Waals surface area (Å²) in [5, 5.41) is 11.5. The van der Waals surface area contributed by atoms with Gasteiger partial charge in [0.15, 0.2) is 0 Å². The molecule has 1 N–H and O–H groups in total. The van der Waals surface area contributed by atoms with Crippen LogP contribution in [0.3, 0.4) is 0 Å². The van der Waals surface area contributed by atoms with Crippen LogP contribution in [-0.2, 0) is 14.8 Å². The molecule has 0 aliphatic rings. The van der Waals surface area contributed by atoms with E-state index in [2.05, 4.69) is 5.32 Å². The zero-order valence-corrected chi connectivity index (χ0v) is 15.3. The SMILES string of the molecule is COc1cccc(N(CCC(=O)Nc2cccc(C#N)c2)S(C)(=O)=O)c1. The number of carbonyl (C=O) groups is 1. The van der Waals surface area contributed by atoms with Crippen molar-refractivity contribution in [2.75, 3.05) is 29.5 Å². The van der Waals surface area contributed by atoms with E-state index >= 15 is 0 Å². The summed E-state index contributed by atoms with van der Waals surface area (Å²) >= 11 is 0. The molecule has 0 saturated carbocycles. The summed E-state index contributed by atoms with van der Waals surface area (Å²) in [5.41, 5.74) is 1.34. The summed E-state index contributed by atoms with van der Waals surface area (Å²) in [5.74, 6) is 0.172. The van der Waals surface area contributed by atoms with Gasteiger partial charge in [-0.3, -0.25) is 9.10 Å². The highest BCUT2D eigenvalue weighted by atomic mass is 32.2. The minimum absolute atomic E-state index is 0.0181. The van der Waals surface area contributed by atoms with E-state index in [1.807, 2.05) is 6.07 Å². The quantitative estimate of drug-likeness (QED) is 0.803. The van der Waals surface area contributed by atoms with Crippen LogP contribution in [0.5, 0.6) is 5.75 Å². The molecule has 26 heavy (non-hydrogen) atoms. The monoisotopic (exact) mass is 373 g/mol. The van der Waals surface area contributed by atoms with Crippen LogP contribution in [0.25, 0.3) is 0 Å². The lowest BCUT2D eigenvalue weighted by Crippen LogP contribution is -2.33. The zero-order valence-electron chi connectivity index (χ0n) is 14.5. The fourth-order valence-corrected chi connectivity index (χ4v) is 3.26. The average molecular weight is 373 g/mol. The van der Waals surface area contributed by atoms with Gasteiger partial charge in [-0.1, -0.05) is 12.1 Å². The molecular weight excluding hydrogens is 354 g/mol. The van der Waals surface area contributed by atoms with Gasteiger partial charge in [-0.2, -0.15) is 5.26 Å².